The number of ether oxygens (including phenoxy) is 1. The summed E-state index contributed by atoms with van der Waals surface area (Å²) in [4.78, 5) is 41.7. The molecule has 3 amide bonds. The number of pyridine rings is 1. The van der Waals surface area contributed by atoms with Crippen molar-refractivity contribution in [3.05, 3.63) is 23.9 Å². The number of hydrogen-bond acceptors (Lipinski definition) is 6. The van der Waals surface area contributed by atoms with E-state index in [2.05, 4.69) is 24.1 Å². The van der Waals surface area contributed by atoms with Crippen molar-refractivity contribution in [3.63, 3.8) is 0 Å². The lowest BCUT2D eigenvalue weighted by molar-refractivity contribution is -0.157. The van der Waals surface area contributed by atoms with Gasteiger partial charge in [0.1, 0.15) is 11.7 Å². The molecule has 1 aromatic heterocycles. The average molecular weight is 417 g/mol. The molecule has 1 spiro atoms. The van der Waals surface area contributed by atoms with Crippen molar-refractivity contribution in [2.75, 3.05) is 7.05 Å². The molecular weight excluding hydrogens is 384 g/mol. The molecule has 0 aromatic carbocycles. The van der Waals surface area contributed by atoms with Crippen molar-refractivity contribution in [2.45, 2.75) is 70.6 Å². The Morgan fingerprint density at radius 3 is 2.53 bits per heavy atom. The van der Waals surface area contributed by atoms with Gasteiger partial charge in [0, 0.05) is 12.2 Å². The monoisotopic (exact) mass is 416 g/mol. The Bertz CT molecular complexity index is 781. The number of hydrogen-bond donors (Lipinski definition) is 2. The fourth-order valence-corrected chi connectivity index (χ4v) is 5.09. The van der Waals surface area contributed by atoms with Crippen molar-refractivity contribution < 1.29 is 19.1 Å². The zero-order valence-corrected chi connectivity index (χ0v) is 18.0. The SMILES string of the molecule is CCC(CC)C(NC)C(=O)N(C=O)[C@H]1CC2(C[C@H](Oc3ncccc3C(N)=O)C2)C1. The van der Waals surface area contributed by atoms with E-state index >= 15 is 0 Å². The predicted molar refractivity (Wildman–Crippen MR) is 112 cm³/mol. The van der Waals surface area contributed by atoms with Crippen molar-refractivity contribution in [1.29, 1.82) is 0 Å². The molecule has 8 nitrogen and oxygen atoms in total. The van der Waals surface area contributed by atoms with Crippen LogP contribution >= 0.6 is 0 Å². The number of nitrogens with zero attached hydrogens (tertiary/aromatic N) is 2. The van der Waals surface area contributed by atoms with Gasteiger partial charge in [0.15, 0.2) is 0 Å². The number of nitrogens with two attached hydrogens (primary N) is 1. The number of carbonyl (C=O) groups excluding carboxylic acids is 3. The highest BCUT2D eigenvalue weighted by Crippen LogP contribution is 2.58. The van der Waals surface area contributed by atoms with Gasteiger partial charge < -0.3 is 15.8 Å². The van der Waals surface area contributed by atoms with Gasteiger partial charge in [-0.1, -0.05) is 26.7 Å². The fourth-order valence-electron chi connectivity index (χ4n) is 5.09. The molecule has 0 radical (unpaired) electrons. The first-order chi connectivity index (χ1) is 14.4. The largest absolute Gasteiger partial charge is 0.474 e. The maximum absolute atomic E-state index is 13.0. The molecular formula is C22H32N4O4. The fraction of sp³-hybridized carbons (Fsp3) is 0.636. The van der Waals surface area contributed by atoms with Gasteiger partial charge in [-0.3, -0.25) is 19.3 Å². The van der Waals surface area contributed by atoms with E-state index in [0.717, 1.165) is 38.5 Å². The van der Waals surface area contributed by atoms with Crippen LogP contribution in [0.3, 0.4) is 0 Å². The van der Waals surface area contributed by atoms with Crippen LogP contribution < -0.4 is 15.8 Å². The van der Waals surface area contributed by atoms with E-state index in [-0.39, 0.29) is 46.9 Å². The van der Waals surface area contributed by atoms with E-state index in [1.807, 2.05) is 0 Å². The maximum Gasteiger partial charge on any atom is 0.254 e. The molecule has 1 atom stereocenters. The first kappa shape index (κ1) is 22.2. The van der Waals surface area contributed by atoms with Crippen LogP contribution in [0.2, 0.25) is 0 Å². The summed E-state index contributed by atoms with van der Waals surface area (Å²) in [6, 6.07) is 2.86. The third-order valence-electron chi connectivity index (χ3n) is 6.83. The standard InChI is InChI=1S/C22H32N4O4/c1-4-14(5-2)18(24-3)21(29)26(13-27)15-9-22(10-15)11-16(12-22)30-20-17(19(23)28)7-6-8-25-20/h6-8,13-16,18,24H,4-5,9-12H2,1-3H3,(H2,23,28)/t15-,16-,18?,22?. The number of rotatable bonds is 10. The van der Waals surface area contributed by atoms with E-state index < -0.39 is 5.91 Å². The highest BCUT2D eigenvalue weighted by atomic mass is 16.5. The lowest BCUT2D eigenvalue weighted by Gasteiger charge is -2.58. The van der Waals surface area contributed by atoms with Crippen molar-refractivity contribution in [3.8, 4) is 5.88 Å². The van der Waals surface area contributed by atoms with Crippen molar-refractivity contribution >= 4 is 18.2 Å². The summed E-state index contributed by atoms with van der Waals surface area (Å²) in [6.45, 7) is 4.13. The molecule has 2 fully saturated rings. The number of carbonyl (C=O) groups is 3. The highest BCUT2D eigenvalue weighted by Gasteiger charge is 2.56. The Labute approximate surface area is 177 Å². The predicted octanol–water partition coefficient (Wildman–Crippen LogP) is 1.88. The molecule has 2 aliphatic rings. The molecule has 0 aliphatic heterocycles. The number of imide groups is 1. The summed E-state index contributed by atoms with van der Waals surface area (Å²) >= 11 is 0. The van der Waals surface area contributed by atoms with Crippen molar-refractivity contribution in [1.82, 2.24) is 15.2 Å². The number of aromatic nitrogens is 1. The van der Waals surface area contributed by atoms with Crippen LogP contribution in [0.5, 0.6) is 5.88 Å². The summed E-state index contributed by atoms with van der Waals surface area (Å²) in [5.74, 6) is -0.217. The van der Waals surface area contributed by atoms with Crippen LogP contribution in [0.1, 0.15) is 62.7 Å². The first-order valence-electron chi connectivity index (χ1n) is 10.7. The van der Waals surface area contributed by atoms with Gasteiger partial charge in [-0.15, -0.1) is 0 Å². The van der Waals surface area contributed by atoms with Crippen LogP contribution in [0.15, 0.2) is 18.3 Å². The van der Waals surface area contributed by atoms with E-state index in [0.29, 0.717) is 6.41 Å². The summed E-state index contributed by atoms with van der Waals surface area (Å²) in [5.41, 5.74) is 5.76. The maximum atomic E-state index is 13.0. The summed E-state index contributed by atoms with van der Waals surface area (Å²) in [7, 11) is 1.78. The van der Waals surface area contributed by atoms with E-state index in [1.165, 1.54) is 4.90 Å². The minimum absolute atomic E-state index is 0.0334. The van der Waals surface area contributed by atoms with E-state index in [1.54, 1.807) is 25.4 Å². The third-order valence-corrected chi connectivity index (χ3v) is 6.83. The molecule has 2 aliphatic carbocycles. The quantitative estimate of drug-likeness (QED) is 0.563. The summed E-state index contributed by atoms with van der Waals surface area (Å²) in [5, 5.41) is 3.10. The van der Waals surface area contributed by atoms with Gasteiger partial charge >= 0.3 is 0 Å². The molecule has 3 rings (SSSR count). The van der Waals surface area contributed by atoms with Gasteiger partial charge in [-0.25, -0.2) is 4.98 Å². The Morgan fingerprint density at radius 2 is 2.00 bits per heavy atom. The van der Waals surface area contributed by atoms with Gasteiger partial charge in [0.25, 0.3) is 5.91 Å². The number of likely N-dealkylation sites (N-methyl/N-ethyl adjacent to an activating group) is 1. The van der Waals surface area contributed by atoms with Gasteiger partial charge in [-0.2, -0.15) is 0 Å². The molecule has 164 valence electrons. The van der Waals surface area contributed by atoms with Crippen LogP contribution in [-0.4, -0.2) is 53.3 Å². The second-order valence-corrected chi connectivity index (χ2v) is 8.62. The number of amides is 3. The molecule has 1 unspecified atom stereocenters. The molecule has 30 heavy (non-hydrogen) atoms. The molecule has 8 heteroatoms. The normalized spacial score (nSPS) is 25.9. The minimum Gasteiger partial charge on any atom is -0.474 e. The van der Waals surface area contributed by atoms with Gasteiger partial charge in [-0.05, 0) is 56.2 Å². The summed E-state index contributed by atoms with van der Waals surface area (Å²) in [6.07, 6.45) is 7.22. The number of primary amides is 1. The number of nitrogens with one attached hydrogen (secondary N) is 1. The average Bonchev–Trinajstić information content (AvgIpc) is 2.68. The van der Waals surface area contributed by atoms with Crippen LogP contribution in [0.25, 0.3) is 0 Å². The zero-order valence-electron chi connectivity index (χ0n) is 18.0. The highest BCUT2D eigenvalue weighted by molar-refractivity contribution is 5.95. The molecule has 0 bridgehead atoms. The Balaban J connectivity index is 1.55. The molecule has 0 saturated heterocycles. The minimum atomic E-state index is -0.562. The van der Waals surface area contributed by atoms with Crippen LogP contribution in [-0.2, 0) is 9.59 Å². The molecule has 3 N–H and O–H groups in total. The lowest BCUT2D eigenvalue weighted by atomic mass is 9.52. The molecule has 1 aromatic rings. The first-order valence-corrected chi connectivity index (χ1v) is 10.7. The lowest BCUT2D eigenvalue weighted by Crippen LogP contribution is -2.62. The third kappa shape index (κ3) is 4.19. The van der Waals surface area contributed by atoms with Crippen LogP contribution in [0, 0.1) is 11.3 Å². The van der Waals surface area contributed by atoms with Crippen LogP contribution in [0.4, 0.5) is 0 Å². The van der Waals surface area contributed by atoms with E-state index in [4.69, 9.17) is 10.5 Å². The Kier molecular flexibility index (Phi) is 6.75. The topological polar surface area (TPSA) is 115 Å². The van der Waals surface area contributed by atoms with E-state index in [9.17, 15) is 14.4 Å². The molecule has 2 saturated carbocycles. The van der Waals surface area contributed by atoms with Crippen molar-refractivity contribution in [2.24, 2.45) is 17.1 Å². The zero-order chi connectivity index (χ0) is 21.9. The second kappa shape index (κ2) is 9.12. The van der Waals surface area contributed by atoms with Gasteiger partial charge in [0.05, 0.1) is 6.04 Å². The van der Waals surface area contributed by atoms with Gasteiger partial charge in [0.2, 0.25) is 18.2 Å². The Hall–Kier alpha value is -2.48. The smallest absolute Gasteiger partial charge is 0.254 e. The second-order valence-electron chi connectivity index (χ2n) is 8.62. The Morgan fingerprint density at radius 1 is 1.33 bits per heavy atom. The summed E-state index contributed by atoms with van der Waals surface area (Å²) < 4.78 is 5.89. The molecule has 1 heterocycles.